The Bertz CT molecular complexity index is 1010. The maximum absolute atomic E-state index is 13.1. The zero-order valence-corrected chi connectivity index (χ0v) is 17.6. The van der Waals surface area contributed by atoms with Crippen molar-refractivity contribution < 1.29 is 17.9 Å². The van der Waals surface area contributed by atoms with Crippen molar-refractivity contribution >= 4 is 21.4 Å². The van der Waals surface area contributed by atoms with E-state index in [2.05, 4.69) is 11.6 Å². The zero-order chi connectivity index (χ0) is 20.1. The molecule has 0 radical (unpaired) electrons. The Hall–Kier alpha value is -2.35. The van der Waals surface area contributed by atoms with E-state index in [-0.39, 0.29) is 4.90 Å². The van der Waals surface area contributed by atoms with Crippen LogP contribution in [0, 0.1) is 0 Å². The predicted octanol–water partition coefficient (Wildman–Crippen LogP) is 4.40. The Balaban J connectivity index is 1.97. The Morgan fingerprint density at radius 3 is 2.29 bits per heavy atom. The summed E-state index contributed by atoms with van der Waals surface area (Å²) in [5.74, 6) is 0.844. The number of ether oxygens (including phenoxy) is 2. The molecule has 1 N–H and O–H groups in total. The molecule has 3 aromatic rings. The Morgan fingerprint density at radius 2 is 1.71 bits per heavy atom. The van der Waals surface area contributed by atoms with Gasteiger partial charge in [0.05, 0.1) is 25.2 Å². The van der Waals surface area contributed by atoms with Crippen LogP contribution in [0.1, 0.15) is 29.0 Å². The number of benzene rings is 2. The van der Waals surface area contributed by atoms with Gasteiger partial charge in [-0.05, 0) is 41.1 Å². The fourth-order valence-electron chi connectivity index (χ4n) is 2.90. The maximum Gasteiger partial charge on any atom is 0.241 e. The summed E-state index contributed by atoms with van der Waals surface area (Å²) in [6.45, 7) is 2.09. The second kappa shape index (κ2) is 8.77. The second-order valence-corrected chi connectivity index (χ2v) is 8.87. The lowest BCUT2D eigenvalue weighted by Crippen LogP contribution is -2.29. The zero-order valence-electron chi connectivity index (χ0n) is 16.0. The van der Waals surface area contributed by atoms with Crippen LogP contribution in [0.3, 0.4) is 0 Å². The van der Waals surface area contributed by atoms with E-state index in [0.29, 0.717) is 11.5 Å². The molecule has 0 bridgehead atoms. The van der Waals surface area contributed by atoms with Crippen LogP contribution in [0.2, 0.25) is 0 Å². The smallest absolute Gasteiger partial charge is 0.241 e. The fourth-order valence-corrected chi connectivity index (χ4v) is 4.99. The van der Waals surface area contributed by atoms with Crippen LogP contribution >= 0.6 is 11.3 Å². The highest BCUT2D eigenvalue weighted by Gasteiger charge is 2.24. The minimum atomic E-state index is -3.79. The van der Waals surface area contributed by atoms with Crippen molar-refractivity contribution in [2.24, 2.45) is 0 Å². The van der Waals surface area contributed by atoms with Crippen LogP contribution in [0.4, 0.5) is 0 Å². The molecule has 148 valence electrons. The van der Waals surface area contributed by atoms with Crippen LogP contribution in [-0.4, -0.2) is 22.6 Å². The lowest BCUT2D eigenvalue weighted by atomic mass is 10.0. The van der Waals surface area contributed by atoms with Gasteiger partial charge in [-0.2, -0.15) is 4.72 Å². The van der Waals surface area contributed by atoms with Gasteiger partial charge in [0.15, 0.2) is 11.5 Å². The van der Waals surface area contributed by atoms with Gasteiger partial charge in [0.1, 0.15) is 0 Å². The van der Waals surface area contributed by atoms with Crippen molar-refractivity contribution in [2.45, 2.75) is 24.3 Å². The third-order valence-corrected chi connectivity index (χ3v) is 6.85. The molecule has 7 heteroatoms. The first-order chi connectivity index (χ1) is 13.5. The highest BCUT2D eigenvalue weighted by Crippen LogP contribution is 2.32. The summed E-state index contributed by atoms with van der Waals surface area (Å²) in [4.78, 5) is 1.05. The molecular formula is C21H23NO4S2. The number of rotatable bonds is 8. The second-order valence-electron chi connectivity index (χ2n) is 6.18. The van der Waals surface area contributed by atoms with E-state index < -0.39 is 16.1 Å². The van der Waals surface area contributed by atoms with E-state index in [1.165, 1.54) is 43.3 Å². The average molecular weight is 418 g/mol. The monoisotopic (exact) mass is 417 g/mol. The molecule has 2 aromatic carbocycles. The largest absolute Gasteiger partial charge is 0.493 e. The molecule has 0 aliphatic rings. The number of thiophene rings is 1. The standard InChI is InChI=1S/C21H23NO4S2/c1-4-15-7-9-16(10-8-15)21(20-6-5-13-27-20)22-28(23,24)17-11-12-18(25-2)19(14-17)26-3/h5-14,21-22H,4H2,1-3H3/t21-/m0/s1. The van der Waals surface area contributed by atoms with E-state index in [9.17, 15) is 8.42 Å². The Kier molecular flexibility index (Phi) is 6.39. The molecule has 0 saturated heterocycles. The summed E-state index contributed by atoms with van der Waals surface area (Å²) in [6.07, 6.45) is 0.932. The molecule has 0 aliphatic carbocycles. The van der Waals surface area contributed by atoms with Gasteiger partial charge < -0.3 is 9.47 Å². The number of nitrogens with one attached hydrogen (secondary N) is 1. The first-order valence-electron chi connectivity index (χ1n) is 8.85. The minimum absolute atomic E-state index is 0.122. The SMILES string of the molecule is CCc1ccc([C@H](NS(=O)(=O)c2ccc(OC)c(OC)c2)c2cccs2)cc1. The van der Waals surface area contributed by atoms with Gasteiger partial charge in [0, 0.05) is 10.9 Å². The summed E-state index contributed by atoms with van der Waals surface area (Å²) in [5, 5.41) is 1.94. The van der Waals surface area contributed by atoms with Crippen LogP contribution < -0.4 is 14.2 Å². The quantitative estimate of drug-likeness (QED) is 0.590. The van der Waals surface area contributed by atoms with Crippen molar-refractivity contribution in [3.05, 3.63) is 76.0 Å². The third-order valence-electron chi connectivity index (χ3n) is 4.49. The molecule has 3 rings (SSSR count). The average Bonchev–Trinajstić information content (AvgIpc) is 3.26. The lowest BCUT2D eigenvalue weighted by molar-refractivity contribution is 0.354. The van der Waals surface area contributed by atoms with Crippen LogP contribution in [0.5, 0.6) is 11.5 Å². The molecule has 0 amide bonds. The molecule has 28 heavy (non-hydrogen) atoms. The number of methoxy groups -OCH3 is 2. The summed E-state index contributed by atoms with van der Waals surface area (Å²) >= 11 is 1.51. The number of aryl methyl sites for hydroxylation is 1. The van der Waals surface area contributed by atoms with Crippen molar-refractivity contribution in [2.75, 3.05) is 14.2 Å². The van der Waals surface area contributed by atoms with Crippen molar-refractivity contribution in [3.8, 4) is 11.5 Å². The van der Waals surface area contributed by atoms with Gasteiger partial charge >= 0.3 is 0 Å². The van der Waals surface area contributed by atoms with E-state index in [4.69, 9.17) is 9.47 Å². The molecule has 1 aromatic heterocycles. The summed E-state index contributed by atoms with van der Waals surface area (Å²) in [7, 11) is -0.797. The van der Waals surface area contributed by atoms with E-state index in [1.807, 2.05) is 41.8 Å². The normalized spacial score (nSPS) is 12.5. The maximum atomic E-state index is 13.1. The van der Waals surface area contributed by atoms with E-state index in [0.717, 1.165) is 16.9 Å². The molecule has 0 saturated carbocycles. The van der Waals surface area contributed by atoms with Gasteiger partial charge in [0.25, 0.3) is 0 Å². The molecule has 0 spiro atoms. The number of hydrogen-bond donors (Lipinski definition) is 1. The Labute approximate surface area is 170 Å². The highest BCUT2D eigenvalue weighted by atomic mass is 32.2. The predicted molar refractivity (Wildman–Crippen MR) is 112 cm³/mol. The third kappa shape index (κ3) is 4.38. The lowest BCUT2D eigenvalue weighted by Gasteiger charge is -2.19. The van der Waals surface area contributed by atoms with Crippen LogP contribution in [0.25, 0.3) is 0 Å². The van der Waals surface area contributed by atoms with Gasteiger partial charge in [-0.25, -0.2) is 8.42 Å². The van der Waals surface area contributed by atoms with Gasteiger partial charge in [-0.3, -0.25) is 0 Å². The summed E-state index contributed by atoms with van der Waals surface area (Å²) < 4.78 is 39.5. The molecule has 5 nitrogen and oxygen atoms in total. The van der Waals surface area contributed by atoms with Crippen molar-refractivity contribution in [1.82, 2.24) is 4.72 Å². The minimum Gasteiger partial charge on any atom is -0.493 e. The van der Waals surface area contributed by atoms with E-state index >= 15 is 0 Å². The summed E-state index contributed by atoms with van der Waals surface area (Å²) in [6, 6.07) is 15.9. The van der Waals surface area contributed by atoms with Crippen LogP contribution in [0.15, 0.2) is 64.9 Å². The van der Waals surface area contributed by atoms with Gasteiger partial charge in [0.2, 0.25) is 10.0 Å². The molecule has 1 atom stereocenters. The number of sulfonamides is 1. The first-order valence-corrected chi connectivity index (χ1v) is 11.2. The van der Waals surface area contributed by atoms with Gasteiger partial charge in [-0.15, -0.1) is 11.3 Å². The van der Waals surface area contributed by atoms with Gasteiger partial charge in [-0.1, -0.05) is 37.3 Å². The number of hydrogen-bond acceptors (Lipinski definition) is 5. The molecule has 0 fully saturated rings. The highest BCUT2D eigenvalue weighted by molar-refractivity contribution is 7.89. The molecule has 0 unspecified atom stereocenters. The van der Waals surface area contributed by atoms with Crippen molar-refractivity contribution in [1.29, 1.82) is 0 Å². The van der Waals surface area contributed by atoms with E-state index in [1.54, 1.807) is 6.07 Å². The van der Waals surface area contributed by atoms with Crippen LogP contribution in [-0.2, 0) is 16.4 Å². The topological polar surface area (TPSA) is 64.6 Å². The Morgan fingerprint density at radius 1 is 1.00 bits per heavy atom. The molecular weight excluding hydrogens is 394 g/mol. The van der Waals surface area contributed by atoms with Crippen molar-refractivity contribution in [3.63, 3.8) is 0 Å². The molecule has 1 heterocycles. The fraction of sp³-hybridized carbons (Fsp3) is 0.238. The summed E-state index contributed by atoms with van der Waals surface area (Å²) in [5.41, 5.74) is 2.10. The first kappa shape index (κ1) is 20.4. The molecule has 0 aliphatic heterocycles.